The van der Waals surface area contributed by atoms with Gasteiger partial charge in [0.1, 0.15) is 17.9 Å². The minimum Gasteiger partial charge on any atom is -0.480 e. The summed E-state index contributed by atoms with van der Waals surface area (Å²) in [4.78, 5) is 39.7. The first-order valence-electron chi connectivity index (χ1n) is 5.62. The van der Waals surface area contributed by atoms with Crippen LogP contribution in [-0.4, -0.2) is 49.8 Å². The third kappa shape index (κ3) is 6.65. The predicted octanol–water partition coefficient (Wildman–Crippen LogP) is -0.865. The summed E-state index contributed by atoms with van der Waals surface area (Å²) < 4.78 is 11.2. The van der Waals surface area contributed by atoms with Gasteiger partial charge in [-0.2, -0.15) is 0 Å². The van der Waals surface area contributed by atoms with Gasteiger partial charge in [-0.1, -0.05) is 13.3 Å². The van der Waals surface area contributed by atoms with E-state index in [1.807, 2.05) is 0 Å². The van der Waals surface area contributed by atoms with Crippen LogP contribution in [0.15, 0.2) is 0 Å². The Kier molecular flexibility index (Phi) is 7.17. The minimum absolute atomic E-state index is 0.161. The first-order chi connectivity index (χ1) is 8.59. The third-order valence-electron chi connectivity index (χ3n) is 2.47. The molecule has 112 valence electrons. The molecule has 3 unspecified atom stereocenters. The summed E-state index contributed by atoms with van der Waals surface area (Å²) in [5, 5.41) is 19.8. The van der Waals surface area contributed by atoms with Crippen LogP contribution in [0.25, 0.3) is 0 Å². The Morgan fingerprint density at radius 3 is 2.11 bits per heavy atom. The van der Waals surface area contributed by atoms with Crippen LogP contribution in [0.1, 0.15) is 26.2 Å². The number of hydrogen-bond acceptors (Lipinski definition) is 5. The van der Waals surface area contributed by atoms with Crippen molar-refractivity contribution in [3.05, 3.63) is 0 Å². The van der Waals surface area contributed by atoms with Gasteiger partial charge in [0.05, 0.1) is 0 Å². The molecule has 7 N–H and O–H groups in total. The number of nitrogens with two attached hydrogens (primary N) is 1. The first kappa shape index (κ1) is 18.0. The van der Waals surface area contributed by atoms with E-state index in [0.29, 0.717) is 6.42 Å². The molecule has 0 saturated carbocycles. The first-order valence-corrected chi connectivity index (χ1v) is 7.30. The zero-order chi connectivity index (χ0) is 15.2. The van der Waals surface area contributed by atoms with Gasteiger partial charge in [0.25, 0.3) is 0 Å². The second kappa shape index (κ2) is 7.56. The van der Waals surface area contributed by atoms with E-state index in [1.54, 1.807) is 6.92 Å². The van der Waals surface area contributed by atoms with E-state index in [0.717, 1.165) is 0 Å². The summed E-state index contributed by atoms with van der Waals surface area (Å²) in [6.07, 6.45) is 0.0874. The van der Waals surface area contributed by atoms with Crippen LogP contribution in [0.2, 0.25) is 0 Å². The van der Waals surface area contributed by atoms with Gasteiger partial charge in [-0.05, 0) is 6.42 Å². The number of carboxylic acid groups (broad SMARTS) is 2. The van der Waals surface area contributed by atoms with Gasteiger partial charge < -0.3 is 25.7 Å². The quantitative estimate of drug-likeness (QED) is 0.296. The molecule has 0 aliphatic heterocycles. The standard InChI is InChI=1S/C9H19N2O7P/c1-2-3-6(9(14)15)11-7(19(16,17)18)4-5(10)8(12)13/h5-7,11H,2-4,10H2,1H3,(H,12,13)(H,14,15)(H2,16,17,18). The number of hydrogen-bond donors (Lipinski definition) is 6. The SMILES string of the molecule is CCCC(NC(CC(N)C(=O)O)P(=O)(O)O)C(=O)O. The molecule has 0 heterocycles. The van der Waals surface area contributed by atoms with Crippen LogP contribution < -0.4 is 11.1 Å². The fourth-order valence-electron chi connectivity index (χ4n) is 1.44. The molecule has 0 aromatic heterocycles. The highest BCUT2D eigenvalue weighted by Crippen LogP contribution is 2.42. The molecule has 0 bridgehead atoms. The molecule has 19 heavy (non-hydrogen) atoms. The Balaban J connectivity index is 4.91. The summed E-state index contributed by atoms with van der Waals surface area (Å²) in [5.74, 6) is -4.28. The maximum Gasteiger partial charge on any atom is 0.342 e. The van der Waals surface area contributed by atoms with Crippen molar-refractivity contribution >= 4 is 19.5 Å². The normalized spacial score (nSPS) is 16.6. The van der Waals surface area contributed by atoms with Crippen LogP contribution in [0.4, 0.5) is 0 Å². The molecule has 0 spiro atoms. The van der Waals surface area contributed by atoms with Crippen LogP contribution in [-0.2, 0) is 14.2 Å². The monoisotopic (exact) mass is 298 g/mol. The molecule has 0 aromatic rings. The zero-order valence-corrected chi connectivity index (χ0v) is 11.3. The van der Waals surface area contributed by atoms with Gasteiger partial charge in [-0.25, -0.2) is 0 Å². The summed E-state index contributed by atoms with van der Waals surface area (Å²) in [7, 11) is -4.70. The lowest BCUT2D eigenvalue weighted by Gasteiger charge is -2.25. The molecule has 3 atom stereocenters. The van der Waals surface area contributed by atoms with Crippen molar-refractivity contribution in [2.45, 2.75) is 44.1 Å². The lowest BCUT2D eigenvalue weighted by molar-refractivity contribution is -0.139. The second-order valence-electron chi connectivity index (χ2n) is 4.13. The summed E-state index contributed by atoms with van der Waals surface area (Å²) in [5.41, 5.74) is 5.21. The van der Waals surface area contributed by atoms with E-state index < -0.39 is 43.8 Å². The second-order valence-corrected chi connectivity index (χ2v) is 5.93. The van der Waals surface area contributed by atoms with E-state index in [1.165, 1.54) is 0 Å². The highest BCUT2D eigenvalue weighted by Gasteiger charge is 2.35. The molecule has 0 fully saturated rings. The minimum atomic E-state index is -4.70. The maximum atomic E-state index is 11.2. The summed E-state index contributed by atoms with van der Waals surface area (Å²) in [6.45, 7) is 1.72. The molecule has 9 nitrogen and oxygen atoms in total. The van der Waals surface area contributed by atoms with Crippen molar-refractivity contribution < 1.29 is 34.2 Å². The average molecular weight is 298 g/mol. The van der Waals surface area contributed by atoms with Gasteiger partial charge in [0, 0.05) is 6.42 Å². The molecule has 0 radical (unpaired) electrons. The Morgan fingerprint density at radius 2 is 1.79 bits per heavy atom. The Labute approximate surface area is 110 Å². The number of carbonyl (C=O) groups is 2. The molecule has 10 heteroatoms. The highest BCUT2D eigenvalue weighted by atomic mass is 31.2. The van der Waals surface area contributed by atoms with Crippen molar-refractivity contribution in [3.63, 3.8) is 0 Å². The third-order valence-corrected chi connectivity index (χ3v) is 3.64. The largest absolute Gasteiger partial charge is 0.480 e. The van der Waals surface area contributed by atoms with E-state index >= 15 is 0 Å². The molecule has 0 aliphatic rings. The van der Waals surface area contributed by atoms with Crippen LogP contribution in [0.5, 0.6) is 0 Å². The maximum absolute atomic E-state index is 11.2. The number of rotatable bonds is 9. The molecule has 0 aliphatic carbocycles. The summed E-state index contributed by atoms with van der Waals surface area (Å²) >= 11 is 0. The molecule has 0 saturated heterocycles. The van der Waals surface area contributed by atoms with Crippen LogP contribution in [0, 0.1) is 0 Å². The van der Waals surface area contributed by atoms with E-state index in [-0.39, 0.29) is 6.42 Å². The number of aliphatic carboxylic acids is 2. The van der Waals surface area contributed by atoms with Crippen molar-refractivity contribution in [1.29, 1.82) is 0 Å². The van der Waals surface area contributed by atoms with Crippen LogP contribution >= 0.6 is 7.60 Å². The van der Waals surface area contributed by atoms with Crippen molar-refractivity contribution in [2.75, 3.05) is 0 Å². The number of nitrogens with one attached hydrogen (secondary N) is 1. The van der Waals surface area contributed by atoms with Gasteiger partial charge in [-0.3, -0.25) is 19.5 Å². The fourth-order valence-corrected chi connectivity index (χ4v) is 2.32. The fraction of sp³-hybridized carbons (Fsp3) is 0.778. The van der Waals surface area contributed by atoms with E-state index in [2.05, 4.69) is 5.32 Å². The lowest BCUT2D eigenvalue weighted by Crippen LogP contribution is -2.46. The highest BCUT2D eigenvalue weighted by molar-refractivity contribution is 7.52. The Bertz CT molecular complexity index is 370. The molecule has 0 amide bonds. The Morgan fingerprint density at radius 1 is 1.26 bits per heavy atom. The average Bonchev–Trinajstić information content (AvgIpc) is 2.25. The van der Waals surface area contributed by atoms with Crippen molar-refractivity contribution in [1.82, 2.24) is 5.32 Å². The lowest BCUT2D eigenvalue weighted by atomic mass is 10.1. The molecule has 0 rings (SSSR count). The number of carboxylic acids is 2. The van der Waals surface area contributed by atoms with Gasteiger partial charge >= 0.3 is 19.5 Å². The van der Waals surface area contributed by atoms with Gasteiger partial charge in [0.2, 0.25) is 0 Å². The van der Waals surface area contributed by atoms with Crippen molar-refractivity contribution in [2.24, 2.45) is 5.73 Å². The predicted molar refractivity (Wildman–Crippen MR) is 65.5 cm³/mol. The van der Waals surface area contributed by atoms with E-state index in [4.69, 9.17) is 25.7 Å². The van der Waals surface area contributed by atoms with Gasteiger partial charge in [0.15, 0.2) is 0 Å². The van der Waals surface area contributed by atoms with E-state index in [9.17, 15) is 14.2 Å². The molecular formula is C9H19N2O7P. The molecular weight excluding hydrogens is 279 g/mol. The van der Waals surface area contributed by atoms with Crippen molar-refractivity contribution in [3.8, 4) is 0 Å². The smallest absolute Gasteiger partial charge is 0.342 e. The zero-order valence-electron chi connectivity index (χ0n) is 10.4. The topological polar surface area (TPSA) is 170 Å². The summed E-state index contributed by atoms with van der Waals surface area (Å²) in [6, 6.07) is -2.65. The van der Waals surface area contributed by atoms with Gasteiger partial charge in [-0.15, -0.1) is 0 Å². The Hall–Kier alpha value is -0.990. The van der Waals surface area contributed by atoms with Crippen LogP contribution in [0.3, 0.4) is 0 Å². The molecule has 0 aromatic carbocycles.